The van der Waals surface area contributed by atoms with Crippen molar-refractivity contribution in [2.45, 2.75) is 0 Å². The Balaban J connectivity index is 1.87. The molecule has 1 amide bonds. The summed E-state index contributed by atoms with van der Waals surface area (Å²) in [4.78, 5) is 46.6. The zero-order valence-corrected chi connectivity index (χ0v) is 12.5. The smallest absolute Gasteiger partial charge is 0.345 e. The van der Waals surface area contributed by atoms with Crippen LogP contribution in [0.15, 0.2) is 30.5 Å². The van der Waals surface area contributed by atoms with E-state index in [0.717, 1.165) is 18.3 Å². The summed E-state index contributed by atoms with van der Waals surface area (Å²) in [5, 5.41) is 23.0. The van der Waals surface area contributed by atoms with Crippen LogP contribution in [0.2, 0.25) is 0 Å². The predicted molar refractivity (Wildman–Crippen MR) is 80.8 cm³/mol. The molecule has 0 saturated carbocycles. The van der Waals surface area contributed by atoms with Gasteiger partial charge in [0.1, 0.15) is 6.20 Å². The fourth-order valence-electron chi connectivity index (χ4n) is 1.50. The third-order valence-electron chi connectivity index (χ3n) is 2.57. The van der Waals surface area contributed by atoms with Crippen molar-refractivity contribution in [2.75, 3.05) is 11.9 Å². The molecule has 11 nitrogen and oxygen atoms in total. The number of nitrogens with one attached hydrogen (secondary N) is 1. The van der Waals surface area contributed by atoms with Crippen LogP contribution in [0.5, 0.6) is 0 Å². The number of benzene rings is 1. The number of rotatable bonds is 6. The SMILES string of the molecule is O=C(COC(=O)c1ccc([N+](=O)[O-])cc1)Nc1ncc([N+](=O)[O-])s1. The molecule has 0 radical (unpaired) electrons. The summed E-state index contributed by atoms with van der Waals surface area (Å²) >= 11 is 0.658. The first-order valence-corrected chi connectivity index (χ1v) is 7.00. The van der Waals surface area contributed by atoms with E-state index >= 15 is 0 Å². The van der Waals surface area contributed by atoms with E-state index in [9.17, 15) is 29.8 Å². The fraction of sp³-hybridized carbons (Fsp3) is 0.0833. The van der Waals surface area contributed by atoms with Crippen LogP contribution in [-0.2, 0) is 9.53 Å². The summed E-state index contributed by atoms with van der Waals surface area (Å²) in [5.41, 5.74) is -0.145. The lowest BCUT2D eigenvalue weighted by Gasteiger charge is -2.04. The number of nitro benzene ring substituents is 1. The van der Waals surface area contributed by atoms with Gasteiger partial charge in [-0.2, -0.15) is 0 Å². The molecular weight excluding hydrogens is 344 g/mol. The van der Waals surface area contributed by atoms with E-state index in [0.29, 0.717) is 11.3 Å². The number of nitrogens with zero attached hydrogens (tertiary/aromatic N) is 3. The first-order valence-electron chi connectivity index (χ1n) is 6.18. The minimum absolute atomic E-state index is 0.00177. The Labute approximate surface area is 137 Å². The standard InChI is InChI=1S/C12H8N4O7S/c17-9(14-12-13-5-10(24-12)16(21)22)6-23-11(18)7-1-3-8(4-2-7)15(19)20/h1-5H,6H2,(H,13,14,17). The highest BCUT2D eigenvalue weighted by Crippen LogP contribution is 2.24. The molecule has 1 aromatic heterocycles. The van der Waals surface area contributed by atoms with Gasteiger partial charge in [0.2, 0.25) is 0 Å². The number of aromatic nitrogens is 1. The number of hydrogen-bond acceptors (Lipinski definition) is 9. The van der Waals surface area contributed by atoms with Crippen molar-refractivity contribution in [1.82, 2.24) is 4.98 Å². The summed E-state index contributed by atoms with van der Waals surface area (Å²) in [6, 6.07) is 4.65. The van der Waals surface area contributed by atoms with E-state index in [1.54, 1.807) is 0 Å². The van der Waals surface area contributed by atoms with Gasteiger partial charge in [0.05, 0.1) is 15.4 Å². The van der Waals surface area contributed by atoms with Gasteiger partial charge >= 0.3 is 11.0 Å². The molecule has 0 aliphatic rings. The summed E-state index contributed by atoms with van der Waals surface area (Å²) < 4.78 is 4.74. The molecule has 2 rings (SSSR count). The Kier molecular flexibility index (Phi) is 5.11. The maximum Gasteiger partial charge on any atom is 0.345 e. The number of hydrogen-bond donors (Lipinski definition) is 1. The number of ether oxygens (including phenoxy) is 1. The molecule has 0 saturated heterocycles. The Morgan fingerprint density at radius 1 is 1.17 bits per heavy atom. The van der Waals surface area contributed by atoms with Gasteiger partial charge in [-0.3, -0.25) is 30.3 Å². The van der Waals surface area contributed by atoms with Crippen LogP contribution in [0.1, 0.15) is 10.4 Å². The Morgan fingerprint density at radius 2 is 1.83 bits per heavy atom. The van der Waals surface area contributed by atoms with Gasteiger partial charge in [-0.05, 0) is 23.5 Å². The van der Waals surface area contributed by atoms with Gasteiger partial charge in [0, 0.05) is 12.1 Å². The second kappa shape index (κ2) is 7.23. The average molecular weight is 352 g/mol. The van der Waals surface area contributed by atoms with E-state index in [1.165, 1.54) is 12.1 Å². The van der Waals surface area contributed by atoms with Crippen LogP contribution in [-0.4, -0.2) is 33.3 Å². The van der Waals surface area contributed by atoms with Crippen molar-refractivity contribution in [3.63, 3.8) is 0 Å². The van der Waals surface area contributed by atoms with Crippen molar-refractivity contribution in [3.05, 3.63) is 56.3 Å². The summed E-state index contributed by atoms with van der Waals surface area (Å²) in [6.07, 6.45) is 0.989. The lowest BCUT2D eigenvalue weighted by atomic mass is 10.2. The number of carbonyl (C=O) groups is 2. The van der Waals surface area contributed by atoms with Crippen LogP contribution in [0.25, 0.3) is 0 Å². The third kappa shape index (κ3) is 4.30. The highest BCUT2D eigenvalue weighted by atomic mass is 32.1. The van der Waals surface area contributed by atoms with E-state index in [1.807, 2.05) is 0 Å². The molecule has 0 unspecified atom stereocenters. The lowest BCUT2D eigenvalue weighted by Crippen LogP contribution is -2.20. The molecule has 2 aromatic rings. The number of nitro groups is 2. The number of thiazole rings is 1. The van der Waals surface area contributed by atoms with Crippen molar-refractivity contribution in [2.24, 2.45) is 0 Å². The van der Waals surface area contributed by atoms with Gasteiger partial charge < -0.3 is 4.74 Å². The van der Waals surface area contributed by atoms with Crippen LogP contribution in [0.4, 0.5) is 15.8 Å². The minimum Gasteiger partial charge on any atom is -0.452 e. The van der Waals surface area contributed by atoms with Gasteiger partial charge in [0.15, 0.2) is 11.7 Å². The van der Waals surface area contributed by atoms with Crippen molar-refractivity contribution in [1.29, 1.82) is 0 Å². The number of anilines is 1. The van der Waals surface area contributed by atoms with Gasteiger partial charge in [-0.25, -0.2) is 9.78 Å². The summed E-state index contributed by atoms with van der Waals surface area (Å²) in [7, 11) is 0. The molecule has 0 atom stereocenters. The second-order valence-electron chi connectivity index (χ2n) is 4.19. The average Bonchev–Trinajstić information content (AvgIpc) is 3.01. The highest BCUT2D eigenvalue weighted by Gasteiger charge is 2.15. The topological polar surface area (TPSA) is 155 Å². The molecule has 1 heterocycles. The monoisotopic (exact) mass is 352 g/mol. The molecule has 0 aliphatic heterocycles. The fourth-order valence-corrected chi connectivity index (χ4v) is 2.15. The van der Waals surface area contributed by atoms with Crippen molar-refractivity contribution in [3.8, 4) is 0 Å². The highest BCUT2D eigenvalue weighted by molar-refractivity contribution is 7.18. The first-order chi connectivity index (χ1) is 11.4. The maximum absolute atomic E-state index is 11.7. The van der Waals surface area contributed by atoms with Crippen molar-refractivity contribution >= 4 is 39.0 Å². The van der Waals surface area contributed by atoms with Crippen LogP contribution >= 0.6 is 11.3 Å². The van der Waals surface area contributed by atoms with Gasteiger partial charge in [-0.1, -0.05) is 0 Å². The van der Waals surface area contributed by atoms with E-state index in [2.05, 4.69) is 10.3 Å². The molecule has 24 heavy (non-hydrogen) atoms. The molecule has 1 N–H and O–H groups in total. The van der Waals surface area contributed by atoms with Gasteiger partial charge in [0.25, 0.3) is 11.6 Å². The second-order valence-corrected chi connectivity index (χ2v) is 5.20. The first kappa shape index (κ1) is 17.0. The van der Waals surface area contributed by atoms with Gasteiger partial charge in [-0.15, -0.1) is 0 Å². The van der Waals surface area contributed by atoms with E-state index < -0.39 is 28.3 Å². The number of non-ortho nitro benzene ring substituents is 1. The normalized spacial score (nSPS) is 10.0. The van der Waals surface area contributed by atoms with Crippen LogP contribution in [0.3, 0.4) is 0 Å². The zero-order chi connectivity index (χ0) is 17.7. The summed E-state index contributed by atoms with van der Waals surface area (Å²) in [6.45, 7) is -0.636. The maximum atomic E-state index is 11.7. The third-order valence-corrected chi connectivity index (χ3v) is 3.43. The Bertz CT molecular complexity index is 802. The molecule has 0 spiro atoms. The number of esters is 1. The minimum atomic E-state index is -0.842. The molecule has 0 aliphatic carbocycles. The molecular formula is C12H8N4O7S. The number of amides is 1. The largest absolute Gasteiger partial charge is 0.452 e. The predicted octanol–water partition coefficient (Wildman–Crippen LogP) is 1.75. The van der Waals surface area contributed by atoms with Crippen molar-refractivity contribution < 1.29 is 24.2 Å². The molecule has 1 aromatic carbocycles. The molecule has 0 fully saturated rings. The van der Waals surface area contributed by atoms with Crippen LogP contribution in [0, 0.1) is 20.2 Å². The van der Waals surface area contributed by atoms with E-state index in [4.69, 9.17) is 4.74 Å². The van der Waals surface area contributed by atoms with Crippen LogP contribution < -0.4 is 5.32 Å². The molecule has 124 valence electrons. The molecule has 12 heteroatoms. The Hall–Kier alpha value is -3.41. The zero-order valence-electron chi connectivity index (χ0n) is 11.7. The number of carbonyl (C=O) groups excluding carboxylic acids is 2. The summed E-state index contributed by atoms with van der Waals surface area (Å²) in [5.74, 6) is -1.57. The molecule has 0 bridgehead atoms. The van der Waals surface area contributed by atoms with E-state index in [-0.39, 0.29) is 21.4 Å². The Morgan fingerprint density at radius 3 is 2.38 bits per heavy atom. The quantitative estimate of drug-likeness (QED) is 0.468. The lowest BCUT2D eigenvalue weighted by molar-refractivity contribution is -0.384.